The molecule has 1 aromatic heterocycles. The Kier molecular flexibility index (Phi) is 6.30. The molecule has 5 heteroatoms. The molecule has 1 fully saturated rings. The predicted molar refractivity (Wildman–Crippen MR) is 99.5 cm³/mol. The number of halogens is 1. The number of fused-ring (bicyclic) bond motifs is 1. The quantitative estimate of drug-likeness (QED) is 0.877. The van der Waals surface area contributed by atoms with E-state index in [1.54, 1.807) is 0 Å². The number of benzene rings is 1. The van der Waals surface area contributed by atoms with Gasteiger partial charge in [-0.25, -0.2) is 0 Å². The topological polar surface area (TPSA) is 54.3 Å². The van der Waals surface area contributed by atoms with Gasteiger partial charge < -0.3 is 15.1 Å². The van der Waals surface area contributed by atoms with E-state index in [1.165, 1.54) is 0 Å². The minimum absolute atomic E-state index is 0. The van der Waals surface area contributed by atoms with Gasteiger partial charge in [-0.1, -0.05) is 32.0 Å². The van der Waals surface area contributed by atoms with Crippen LogP contribution in [0.1, 0.15) is 44.1 Å². The maximum Gasteiger partial charge on any atom is 0.223 e. The molecule has 1 aliphatic rings. The van der Waals surface area contributed by atoms with Gasteiger partial charge in [-0.2, -0.15) is 0 Å². The van der Waals surface area contributed by atoms with Gasteiger partial charge in [0.1, 0.15) is 11.3 Å². The van der Waals surface area contributed by atoms with Crippen LogP contribution in [0, 0.1) is 18.8 Å². The van der Waals surface area contributed by atoms with Crippen molar-refractivity contribution >= 4 is 29.3 Å². The standard InChI is InChI=1S/C19H26N2O2.ClH/c1-12(2)17(21-19(22)14-8-10-20-11-9-14)18-13(3)15-6-4-5-7-16(15)23-18;/h4-7,12,14,17,20H,8-11H2,1-3H3,(H,21,22);1H. The van der Waals surface area contributed by atoms with Crippen LogP contribution in [0.15, 0.2) is 28.7 Å². The number of piperidine rings is 1. The number of amides is 1. The molecule has 2 heterocycles. The highest BCUT2D eigenvalue weighted by Crippen LogP contribution is 2.33. The number of carbonyl (C=O) groups excluding carboxylic acids is 1. The Balaban J connectivity index is 0.00000208. The molecule has 2 aromatic rings. The van der Waals surface area contributed by atoms with Crippen molar-refractivity contribution in [2.45, 2.75) is 39.7 Å². The van der Waals surface area contributed by atoms with Gasteiger partial charge in [0, 0.05) is 16.9 Å². The van der Waals surface area contributed by atoms with Gasteiger partial charge in [0.05, 0.1) is 6.04 Å². The molecule has 1 saturated heterocycles. The fourth-order valence-electron chi connectivity index (χ4n) is 3.38. The highest BCUT2D eigenvalue weighted by Gasteiger charge is 2.28. The maximum absolute atomic E-state index is 12.6. The molecule has 0 radical (unpaired) electrons. The number of furan rings is 1. The summed E-state index contributed by atoms with van der Waals surface area (Å²) < 4.78 is 6.08. The monoisotopic (exact) mass is 350 g/mol. The second-order valence-electron chi connectivity index (χ2n) is 6.84. The molecule has 24 heavy (non-hydrogen) atoms. The van der Waals surface area contributed by atoms with Crippen LogP contribution in [0.5, 0.6) is 0 Å². The van der Waals surface area contributed by atoms with Crippen molar-refractivity contribution in [1.82, 2.24) is 10.6 Å². The zero-order valence-corrected chi connectivity index (χ0v) is 15.4. The molecule has 0 spiro atoms. The van der Waals surface area contributed by atoms with Gasteiger partial charge in [-0.3, -0.25) is 4.79 Å². The second-order valence-corrected chi connectivity index (χ2v) is 6.84. The van der Waals surface area contributed by atoms with E-state index in [-0.39, 0.29) is 36.2 Å². The summed E-state index contributed by atoms with van der Waals surface area (Å²) in [4.78, 5) is 12.6. The van der Waals surface area contributed by atoms with E-state index < -0.39 is 0 Å². The van der Waals surface area contributed by atoms with Crippen LogP contribution in [0.25, 0.3) is 11.0 Å². The van der Waals surface area contributed by atoms with Gasteiger partial charge in [-0.05, 0) is 44.8 Å². The van der Waals surface area contributed by atoms with Gasteiger partial charge >= 0.3 is 0 Å². The molecular weight excluding hydrogens is 324 g/mol. The molecule has 3 rings (SSSR count). The minimum atomic E-state index is -0.0789. The molecule has 0 aliphatic carbocycles. The Morgan fingerprint density at radius 1 is 1.25 bits per heavy atom. The first-order chi connectivity index (χ1) is 11.1. The fourth-order valence-corrected chi connectivity index (χ4v) is 3.38. The van der Waals surface area contributed by atoms with E-state index in [0.717, 1.165) is 48.2 Å². The lowest BCUT2D eigenvalue weighted by molar-refractivity contribution is -0.127. The molecule has 1 amide bonds. The Labute approximate surface area is 149 Å². The molecule has 1 aliphatic heterocycles. The van der Waals surface area contributed by atoms with Crippen LogP contribution in [0.3, 0.4) is 0 Å². The van der Waals surface area contributed by atoms with E-state index in [9.17, 15) is 4.79 Å². The molecule has 1 aromatic carbocycles. The third-order valence-corrected chi connectivity index (χ3v) is 4.84. The van der Waals surface area contributed by atoms with Crippen molar-refractivity contribution in [2.24, 2.45) is 11.8 Å². The summed E-state index contributed by atoms with van der Waals surface area (Å²) in [6.07, 6.45) is 1.82. The van der Waals surface area contributed by atoms with Gasteiger partial charge in [0.2, 0.25) is 5.91 Å². The third-order valence-electron chi connectivity index (χ3n) is 4.84. The first kappa shape index (κ1) is 18.8. The summed E-state index contributed by atoms with van der Waals surface area (Å²) in [5, 5.41) is 7.68. The molecule has 1 unspecified atom stereocenters. The summed E-state index contributed by atoms with van der Waals surface area (Å²) in [7, 11) is 0. The largest absolute Gasteiger partial charge is 0.459 e. The minimum Gasteiger partial charge on any atom is -0.459 e. The predicted octanol–water partition coefficient (Wildman–Crippen LogP) is 3.98. The zero-order chi connectivity index (χ0) is 16.4. The van der Waals surface area contributed by atoms with Crippen molar-refractivity contribution in [3.63, 3.8) is 0 Å². The van der Waals surface area contributed by atoms with Crippen molar-refractivity contribution in [3.05, 3.63) is 35.6 Å². The third kappa shape index (κ3) is 3.76. The van der Waals surface area contributed by atoms with E-state index in [0.29, 0.717) is 0 Å². The van der Waals surface area contributed by atoms with Crippen LogP contribution >= 0.6 is 12.4 Å². The van der Waals surface area contributed by atoms with Crippen LogP contribution in [0.2, 0.25) is 0 Å². The Hall–Kier alpha value is -1.52. The number of rotatable bonds is 4. The van der Waals surface area contributed by atoms with E-state index in [2.05, 4.69) is 37.5 Å². The van der Waals surface area contributed by atoms with Gasteiger partial charge in [0.15, 0.2) is 0 Å². The lowest BCUT2D eigenvalue weighted by atomic mass is 9.94. The fraction of sp³-hybridized carbons (Fsp3) is 0.526. The molecular formula is C19H27ClN2O2. The van der Waals surface area contributed by atoms with Gasteiger partial charge in [0.25, 0.3) is 0 Å². The number of hydrogen-bond donors (Lipinski definition) is 2. The molecule has 0 bridgehead atoms. The van der Waals surface area contributed by atoms with Crippen molar-refractivity contribution in [2.75, 3.05) is 13.1 Å². The van der Waals surface area contributed by atoms with E-state index in [1.807, 2.05) is 18.2 Å². The maximum atomic E-state index is 12.6. The smallest absolute Gasteiger partial charge is 0.223 e. The van der Waals surface area contributed by atoms with Crippen LogP contribution < -0.4 is 10.6 Å². The van der Waals surface area contributed by atoms with Crippen LogP contribution in [0.4, 0.5) is 0 Å². The second kappa shape index (κ2) is 8.04. The summed E-state index contributed by atoms with van der Waals surface area (Å²) >= 11 is 0. The number of aryl methyl sites for hydroxylation is 1. The molecule has 0 saturated carbocycles. The van der Waals surface area contributed by atoms with Crippen molar-refractivity contribution in [1.29, 1.82) is 0 Å². The van der Waals surface area contributed by atoms with E-state index >= 15 is 0 Å². The first-order valence-corrected chi connectivity index (χ1v) is 8.57. The summed E-state index contributed by atoms with van der Waals surface area (Å²) in [6.45, 7) is 8.18. The van der Waals surface area contributed by atoms with Crippen molar-refractivity contribution < 1.29 is 9.21 Å². The number of hydrogen-bond acceptors (Lipinski definition) is 3. The normalized spacial score (nSPS) is 16.8. The molecule has 1 atom stereocenters. The lowest BCUT2D eigenvalue weighted by Gasteiger charge is -2.26. The summed E-state index contributed by atoms with van der Waals surface area (Å²) in [5.41, 5.74) is 2.02. The Morgan fingerprint density at radius 2 is 1.92 bits per heavy atom. The lowest BCUT2D eigenvalue weighted by Crippen LogP contribution is -2.40. The number of nitrogens with one attached hydrogen (secondary N) is 2. The SMILES string of the molecule is Cc1c(C(NC(=O)C2CCNCC2)C(C)C)oc2ccccc12.Cl. The van der Waals surface area contributed by atoms with Crippen LogP contribution in [-0.2, 0) is 4.79 Å². The van der Waals surface area contributed by atoms with Crippen molar-refractivity contribution in [3.8, 4) is 0 Å². The highest BCUT2D eigenvalue weighted by molar-refractivity contribution is 5.85. The number of para-hydroxylation sites is 1. The molecule has 4 nitrogen and oxygen atoms in total. The first-order valence-electron chi connectivity index (χ1n) is 8.57. The Morgan fingerprint density at radius 3 is 2.54 bits per heavy atom. The average molecular weight is 351 g/mol. The average Bonchev–Trinajstić information content (AvgIpc) is 2.90. The summed E-state index contributed by atoms with van der Waals surface area (Å²) in [6, 6.07) is 7.98. The van der Waals surface area contributed by atoms with Gasteiger partial charge in [-0.15, -0.1) is 12.4 Å². The highest BCUT2D eigenvalue weighted by atomic mass is 35.5. The molecule has 2 N–H and O–H groups in total. The summed E-state index contributed by atoms with van der Waals surface area (Å²) in [5.74, 6) is 1.44. The zero-order valence-electron chi connectivity index (χ0n) is 14.6. The van der Waals surface area contributed by atoms with E-state index in [4.69, 9.17) is 4.42 Å². The molecule has 132 valence electrons. The van der Waals surface area contributed by atoms with Crippen LogP contribution in [-0.4, -0.2) is 19.0 Å². The Bertz CT molecular complexity index is 690. The number of carbonyl (C=O) groups is 1.